The van der Waals surface area contributed by atoms with Crippen LogP contribution in [-0.2, 0) is 27.7 Å². The highest BCUT2D eigenvalue weighted by molar-refractivity contribution is 7.89. The monoisotopic (exact) mass is 438 g/mol. The van der Waals surface area contributed by atoms with Crippen LogP contribution in [0.1, 0.15) is 34.2 Å². The van der Waals surface area contributed by atoms with Crippen molar-refractivity contribution >= 4 is 16.0 Å². The van der Waals surface area contributed by atoms with Crippen molar-refractivity contribution < 1.29 is 22.3 Å². The number of hydrogen-bond acceptors (Lipinski definition) is 6. The molecule has 0 aliphatic heterocycles. The number of benzene rings is 1. The van der Waals surface area contributed by atoms with E-state index >= 15 is 0 Å². The lowest BCUT2D eigenvalue weighted by Crippen LogP contribution is -2.22. The Kier molecular flexibility index (Phi) is 7.88. The lowest BCUT2D eigenvalue weighted by atomic mass is 10.0. The summed E-state index contributed by atoms with van der Waals surface area (Å²) in [5.41, 5.74) is 7.44. The maximum absolute atomic E-state index is 14.0. The average molecular weight is 439 g/mol. The van der Waals surface area contributed by atoms with E-state index < -0.39 is 21.8 Å². The van der Waals surface area contributed by atoms with Crippen LogP contribution in [0, 0.1) is 6.92 Å². The number of rotatable bonds is 9. The lowest BCUT2D eigenvalue weighted by Gasteiger charge is -2.12. The minimum atomic E-state index is -3.53. The van der Waals surface area contributed by atoms with Gasteiger partial charge in [0.05, 0.1) is 18.0 Å². The second kappa shape index (κ2) is 9.96. The van der Waals surface area contributed by atoms with E-state index in [1.165, 1.54) is 37.0 Å². The van der Waals surface area contributed by atoms with E-state index in [1.807, 2.05) is 0 Å². The van der Waals surface area contributed by atoms with Crippen LogP contribution < -0.4 is 5.73 Å². The third-order valence-electron chi connectivity index (χ3n) is 4.52. The summed E-state index contributed by atoms with van der Waals surface area (Å²) in [7, 11) is -0.608. The van der Waals surface area contributed by atoms with Gasteiger partial charge in [0, 0.05) is 38.3 Å². The van der Waals surface area contributed by atoms with Crippen molar-refractivity contribution in [1.29, 1.82) is 0 Å². The molecule has 8 nitrogen and oxygen atoms in total. The Labute approximate surface area is 176 Å². The molecule has 1 aromatic heterocycles. The number of halogens is 1. The van der Waals surface area contributed by atoms with Crippen LogP contribution in [0.25, 0.3) is 0 Å². The van der Waals surface area contributed by atoms with Gasteiger partial charge in [-0.15, -0.1) is 0 Å². The summed E-state index contributed by atoms with van der Waals surface area (Å²) in [6.45, 7) is 3.53. The molecule has 0 bridgehead atoms. The fraction of sp³-hybridized carbons (Fsp3) is 0.400. The van der Waals surface area contributed by atoms with Crippen LogP contribution in [-0.4, -0.2) is 55.7 Å². The number of carbonyl (C=O) groups excluding carboxylic acids is 1. The Morgan fingerprint density at radius 2 is 1.93 bits per heavy atom. The summed E-state index contributed by atoms with van der Waals surface area (Å²) in [6.07, 6.45) is 1.55. The molecule has 1 aromatic carbocycles. The van der Waals surface area contributed by atoms with E-state index in [0.717, 1.165) is 9.87 Å². The van der Waals surface area contributed by atoms with Crippen molar-refractivity contribution in [2.45, 2.75) is 31.7 Å². The number of allylic oxidation sites excluding steroid dienone is 1. The van der Waals surface area contributed by atoms with Crippen LogP contribution in [0.3, 0.4) is 0 Å². The Morgan fingerprint density at radius 1 is 1.30 bits per heavy atom. The highest BCUT2D eigenvalue weighted by atomic mass is 32.2. The molecule has 164 valence electrons. The number of hydrogen-bond donors (Lipinski definition) is 1. The van der Waals surface area contributed by atoms with Gasteiger partial charge in [0.25, 0.3) is 0 Å². The molecule has 0 fully saturated rings. The first-order valence-electron chi connectivity index (χ1n) is 9.41. The molecule has 0 aliphatic rings. The van der Waals surface area contributed by atoms with Crippen molar-refractivity contribution in [2.75, 3.05) is 27.2 Å². The molecule has 0 amide bonds. The van der Waals surface area contributed by atoms with Crippen LogP contribution in [0.4, 0.5) is 4.39 Å². The number of nitrogens with two attached hydrogens (primary N) is 1. The van der Waals surface area contributed by atoms with E-state index in [-0.39, 0.29) is 30.3 Å². The van der Waals surface area contributed by atoms with Gasteiger partial charge in [-0.1, -0.05) is 12.1 Å². The third kappa shape index (κ3) is 5.32. The molecule has 0 saturated carbocycles. The van der Waals surface area contributed by atoms with Gasteiger partial charge < -0.3 is 10.5 Å². The number of carbonyl (C=O) groups is 1. The van der Waals surface area contributed by atoms with Crippen molar-refractivity contribution in [1.82, 2.24) is 14.1 Å². The Bertz CT molecular complexity index is 1030. The van der Waals surface area contributed by atoms with E-state index in [4.69, 9.17) is 10.5 Å². The molecule has 0 atom stereocenters. The van der Waals surface area contributed by atoms with Crippen LogP contribution in [0.15, 0.2) is 41.1 Å². The summed E-state index contributed by atoms with van der Waals surface area (Å²) in [6, 6.07) is 6.38. The second-order valence-electron chi connectivity index (χ2n) is 6.79. The molecule has 0 unspecified atom stereocenters. The summed E-state index contributed by atoms with van der Waals surface area (Å²) in [5.74, 6) is -1.05. The number of aromatic nitrogens is 2. The largest absolute Gasteiger partial charge is 0.461 e. The zero-order valence-electron chi connectivity index (χ0n) is 17.6. The quantitative estimate of drug-likeness (QED) is 0.600. The smallest absolute Gasteiger partial charge is 0.359 e. The molecule has 0 saturated heterocycles. The molecular weight excluding hydrogens is 411 g/mol. The standard InChI is InChI=1S/C20H27FN4O4S/c1-5-29-20(26)19-18(14(2)25(23-19)13-16(21)10-11-22)12-15-6-8-17(9-7-15)30(27,28)24(3)4/h6-10H,5,11-13,22H2,1-4H3/b16-10-. The number of ether oxygens (including phenoxy) is 1. The lowest BCUT2D eigenvalue weighted by molar-refractivity contribution is 0.0517. The Balaban J connectivity index is 2.41. The zero-order valence-corrected chi connectivity index (χ0v) is 18.4. The predicted molar refractivity (Wildman–Crippen MR) is 111 cm³/mol. The van der Waals surface area contributed by atoms with Gasteiger partial charge in [-0.3, -0.25) is 4.68 Å². The molecule has 2 N–H and O–H groups in total. The second-order valence-corrected chi connectivity index (χ2v) is 8.94. The fourth-order valence-electron chi connectivity index (χ4n) is 2.84. The first-order chi connectivity index (χ1) is 14.1. The molecule has 0 radical (unpaired) electrons. The van der Waals surface area contributed by atoms with Gasteiger partial charge in [-0.2, -0.15) is 5.10 Å². The molecule has 30 heavy (non-hydrogen) atoms. The van der Waals surface area contributed by atoms with Gasteiger partial charge in [0.15, 0.2) is 5.69 Å². The van der Waals surface area contributed by atoms with Gasteiger partial charge in [0.1, 0.15) is 5.83 Å². The molecule has 1 heterocycles. The van der Waals surface area contributed by atoms with E-state index in [9.17, 15) is 17.6 Å². The predicted octanol–water partition coefficient (Wildman–Crippen LogP) is 2.02. The van der Waals surface area contributed by atoms with Crippen molar-refractivity contribution in [3.05, 3.63) is 58.7 Å². The SMILES string of the molecule is CCOC(=O)c1nn(C/C(F)=C/CN)c(C)c1Cc1ccc(S(=O)(=O)N(C)C)cc1. The van der Waals surface area contributed by atoms with Gasteiger partial charge in [0.2, 0.25) is 10.0 Å². The molecule has 10 heteroatoms. The zero-order chi connectivity index (χ0) is 22.5. The third-order valence-corrected chi connectivity index (χ3v) is 6.35. The van der Waals surface area contributed by atoms with Gasteiger partial charge >= 0.3 is 5.97 Å². The Morgan fingerprint density at radius 3 is 2.47 bits per heavy atom. The molecular formula is C20H27FN4O4S. The minimum Gasteiger partial charge on any atom is -0.461 e. The van der Waals surface area contributed by atoms with Crippen LogP contribution in [0.5, 0.6) is 0 Å². The highest BCUT2D eigenvalue weighted by Crippen LogP contribution is 2.22. The van der Waals surface area contributed by atoms with E-state index in [1.54, 1.807) is 26.0 Å². The van der Waals surface area contributed by atoms with Crippen LogP contribution >= 0.6 is 0 Å². The number of esters is 1. The van der Waals surface area contributed by atoms with Crippen molar-refractivity contribution in [3.8, 4) is 0 Å². The van der Waals surface area contributed by atoms with Crippen molar-refractivity contribution in [2.24, 2.45) is 5.73 Å². The highest BCUT2D eigenvalue weighted by Gasteiger charge is 2.23. The Hall–Kier alpha value is -2.56. The summed E-state index contributed by atoms with van der Waals surface area (Å²) in [4.78, 5) is 12.6. The molecule has 2 rings (SSSR count). The minimum absolute atomic E-state index is 0.0615. The maximum atomic E-state index is 14.0. The van der Waals surface area contributed by atoms with Crippen molar-refractivity contribution in [3.63, 3.8) is 0 Å². The summed E-state index contributed by atoms with van der Waals surface area (Å²) in [5, 5.41) is 4.24. The van der Waals surface area contributed by atoms with E-state index in [2.05, 4.69) is 5.10 Å². The molecule has 0 spiro atoms. The maximum Gasteiger partial charge on any atom is 0.359 e. The van der Waals surface area contributed by atoms with Gasteiger partial charge in [-0.05, 0) is 37.6 Å². The number of sulfonamides is 1. The topological polar surface area (TPSA) is 108 Å². The van der Waals surface area contributed by atoms with E-state index in [0.29, 0.717) is 17.7 Å². The average Bonchev–Trinajstić information content (AvgIpc) is 2.98. The molecule has 0 aliphatic carbocycles. The van der Waals surface area contributed by atoms with Gasteiger partial charge in [-0.25, -0.2) is 21.9 Å². The first-order valence-corrected chi connectivity index (χ1v) is 10.8. The molecule has 2 aromatic rings. The van der Waals surface area contributed by atoms with Crippen LogP contribution in [0.2, 0.25) is 0 Å². The number of nitrogens with zero attached hydrogens (tertiary/aromatic N) is 3. The normalized spacial score (nSPS) is 12.4. The summed E-state index contributed by atoms with van der Waals surface area (Å²) < 4.78 is 46.0. The summed E-state index contributed by atoms with van der Waals surface area (Å²) >= 11 is 0. The fourth-order valence-corrected chi connectivity index (χ4v) is 3.74. The first kappa shape index (κ1) is 23.7.